The summed E-state index contributed by atoms with van der Waals surface area (Å²) in [6, 6.07) is 11.2. The van der Waals surface area contributed by atoms with Crippen molar-refractivity contribution in [3.63, 3.8) is 0 Å². The number of hydrogen-bond donors (Lipinski definition) is 0. The van der Waals surface area contributed by atoms with Crippen LogP contribution in [0.2, 0.25) is 5.02 Å². The zero-order chi connectivity index (χ0) is 17.8. The van der Waals surface area contributed by atoms with Gasteiger partial charge < -0.3 is 14.4 Å². The van der Waals surface area contributed by atoms with Gasteiger partial charge in [-0.25, -0.2) is 4.39 Å². The van der Waals surface area contributed by atoms with E-state index in [9.17, 15) is 9.18 Å². The first-order chi connectivity index (χ1) is 12.0. The Labute approximate surface area is 151 Å². The first kappa shape index (κ1) is 17.7. The van der Waals surface area contributed by atoms with E-state index in [0.29, 0.717) is 36.0 Å². The summed E-state index contributed by atoms with van der Waals surface area (Å²) in [6.07, 6.45) is -0.244. The van der Waals surface area contributed by atoms with Crippen LogP contribution in [0.5, 0.6) is 5.75 Å². The summed E-state index contributed by atoms with van der Waals surface area (Å²) < 4.78 is 24.2. The predicted octanol–water partition coefficient (Wildman–Crippen LogP) is 3.71. The van der Waals surface area contributed by atoms with Crippen LogP contribution in [0.3, 0.4) is 0 Å². The molecular weight excluding hydrogens is 345 g/mol. The van der Waals surface area contributed by atoms with Crippen molar-refractivity contribution in [1.29, 1.82) is 0 Å². The van der Waals surface area contributed by atoms with Crippen molar-refractivity contribution >= 4 is 17.5 Å². The molecule has 1 fully saturated rings. The fraction of sp³-hybridized carbons (Fsp3) is 0.316. The Bertz CT molecular complexity index is 751. The van der Waals surface area contributed by atoms with Gasteiger partial charge in [-0.3, -0.25) is 4.79 Å². The molecule has 0 aromatic heterocycles. The van der Waals surface area contributed by atoms with Crippen LogP contribution >= 0.6 is 11.6 Å². The second-order valence-corrected chi connectivity index (χ2v) is 6.40. The van der Waals surface area contributed by atoms with Crippen molar-refractivity contribution in [3.05, 3.63) is 64.4 Å². The quantitative estimate of drug-likeness (QED) is 0.831. The molecule has 6 heteroatoms. The molecule has 0 N–H and O–H groups in total. The van der Waals surface area contributed by atoms with Gasteiger partial charge >= 0.3 is 0 Å². The number of carbonyl (C=O) groups is 1. The van der Waals surface area contributed by atoms with Gasteiger partial charge in [-0.05, 0) is 43.3 Å². The monoisotopic (exact) mass is 363 g/mol. The van der Waals surface area contributed by atoms with E-state index in [1.165, 1.54) is 12.1 Å². The number of hydrogen-bond acceptors (Lipinski definition) is 3. The van der Waals surface area contributed by atoms with Crippen LogP contribution < -0.4 is 4.74 Å². The third-order valence-electron chi connectivity index (χ3n) is 4.03. The van der Waals surface area contributed by atoms with E-state index in [1.807, 2.05) is 13.0 Å². The zero-order valence-corrected chi connectivity index (χ0v) is 14.6. The maximum atomic E-state index is 12.9. The fourth-order valence-electron chi connectivity index (χ4n) is 2.70. The summed E-state index contributed by atoms with van der Waals surface area (Å²) in [5.41, 5.74) is 1.49. The molecule has 0 aliphatic carbocycles. The highest BCUT2D eigenvalue weighted by atomic mass is 35.5. The van der Waals surface area contributed by atoms with E-state index in [1.54, 1.807) is 29.2 Å². The zero-order valence-electron chi connectivity index (χ0n) is 13.9. The molecule has 1 heterocycles. The normalized spacial score (nSPS) is 17.4. The van der Waals surface area contributed by atoms with Crippen molar-refractivity contribution in [2.45, 2.75) is 13.0 Å². The summed E-state index contributed by atoms with van der Waals surface area (Å²) in [6.45, 7) is 3.58. The fourth-order valence-corrected chi connectivity index (χ4v) is 2.90. The van der Waals surface area contributed by atoms with Crippen LogP contribution in [0.25, 0.3) is 0 Å². The molecule has 2 aromatic carbocycles. The first-order valence-corrected chi connectivity index (χ1v) is 8.46. The van der Waals surface area contributed by atoms with Gasteiger partial charge in [0.25, 0.3) is 5.91 Å². The average Bonchev–Trinajstić information content (AvgIpc) is 2.63. The minimum absolute atomic E-state index is 0.108. The molecule has 0 saturated carbocycles. The van der Waals surface area contributed by atoms with Crippen LogP contribution in [-0.2, 0) is 4.74 Å². The van der Waals surface area contributed by atoms with Gasteiger partial charge in [0, 0.05) is 6.54 Å². The van der Waals surface area contributed by atoms with Crippen LogP contribution in [-0.4, -0.2) is 43.2 Å². The van der Waals surface area contributed by atoms with Crippen LogP contribution in [0.1, 0.15) is 15.9 Å². The Hall–Kier alpha value is -2.11. The van der Waals surface area contributed by atoms with Gasteiger partial charge in [0.15, 0.2) is 0 Å². The molecule has 3 rings (SSSR count). The van der Waals surface area contributed by atoms with Gasteiger partial charge in [0.2, 0.25) is 0 Å². The molecule has 25 heavy (non-hydrogen) atoms. The number of morpholine rings is 1. The Morgan fingerprint density at radius 2 is 2.08 bits per heavy atom. The van der Waals surface area contributed by atoms with Gasteiger partial charge in [-0.2, -0.15) is 0 Å². The topological polar surface area (TPSA) is 38.8 Å². The minimum Gasteiger partial charge on any atom is -0.491 e. The molecule has 1 aliphatic rings. The molecule has 0 bridgehead atoms. The SMILES string of the molecule is Cc1ccc(Cl)c(C(=O)N2CCOC(COc3ccc(F)cc3)C2)c1. The number of amides is 1. The largest absolute Gasteiger partial charge is 0.491 e. The smallest absolute Gasteiger partial charge is 0.255 e. The molecule has 132 valence electrons. The number of ether oxygens (including phenoxy) is 2. The summed E-state index contributed by atoms with van der Waals surface area (Å²) in [5, 5.41) is 0.446. The molecular formula is C19H19ClFNO3. The summed E-state index contributed by atoms with van der Waals surface area (Å²) in [7, 11) is 0. The van der Waals surface area contributed by atoms with E-state index < -0.39 is 0 Å². The van der Waals surface area contributed by atoms with Crippen molar-refractivity contribution in [2.24, 2.45) is 0 Å². The molecule has 2 aromatic rings. The lowest BCUT2D eigenvalue weighted by molar-refractivity contribution is -0.0401. The van der Waals surface area contributed by atoms with Crippen molar-refractivity contribution in [1.82, 2.24) is 4.90 Å². The average molecular weight is 364 g/mol. The Morgan fingerprint density at radius 1 is 1.32 bits per heavy atom. The number of carbonyl (C=O) groups excluding carboxylic acids is 1. The van der Waals surface area contributed by atoms with Gasteiger partial charge in [-0.1, -0.05) is 23.2 Å². The first-order valence-electron chi connectivity index (χ1n) is 8.08. The van der Waals surface area contributed by atoms with E-state index in [2.05, 4.69) is 0 Å². The van der Waals surface area contributed by atoms with E-state index in [-0.39, 0.29) is 24.4 Å². The van der Waals surface area contributed by atoms with Crippen LogP contribution in [0.4, 0.5) is 4.39 Å². The highest BCUT2D eigenvalue weighted by molar-refractivity contribution is 6.33. The lowest BCUT2D eigenvalue weighted by Gasteiger charge is -2.33. The Kier molecular flexibility index (Phi) is 5.56. The van der Waals surface area contributed by atoms with Gasteiger partial charge in [0.1, 0.15) is 24.3 Å². The molecule has 0 spiro atoms. The molecule has 1 aliphatic heterocycles. The maximum Gasteiger partial charge on any atom is 0.255 e. The van der Waals surface area contributed by atoms with E-state index in [0.717, 1.165) is 5.56 Å². The van der Waals surface area contributed by atoms with Crippen LogP contribution in [0, 0.1) is 12.7 Å². The lowest BCUT2D eigenvalue weighted by Crippen LogP contribution is -2.47. The summed E-state index contributed by atoms with van der Waals surface area (Å²) >= 11 is 6.17. The summed E-state index contributed by atoms with van der Waals surface area (Å²) in [4.78, 5) is 14.5. The Morgan fingerprint density at radius 3 is 2.84 bits per heavy atom. The number of benzene rings is 2. The predicted molar refractivity (Wildman–Crippen MR) is 93.7 cm³/mol. The molecule has 1 saturated heterocycles. The molecule has 0 radical (unpaired) electrons. The van der Waals surface area contributed by atoms with Crippen LogP contribution in [0.15, 0.2) is 42.5 Å². The summed E-state index contributed by atoms with van der Waals surface area (Å²) in [5.74, 6) is 0.145. The highest BCUT2D eigenvalue weighted by Crippen LogP contribution is 2.21. The highest BCUT2D eigenvalue weighted by Gasteiger charge is 2.26. The molecule has 1 amide bonds. The van der Waals surface area contributed by atoms with E-state index in [4.69, 9.17) is 21.1 Å². The Balaban J connectivity index is 1.61. The van der Waals surface area contributed by atoms with Gasteiger partial charge in [0.05, 0.1) is 23.7 Å². The number of halogens is 2. The minimum atomic E-state index is -0.312. The van der Waals surface area contributed by atoms with Crippen molar-refractivity contribution < 1.29 is 18.7 Å². The van der Waals surface area contributed by atoms with Gasteiger partial charge in [-0.15, -0.1) is 0 Å². The third kappa shape index (κ3) is 4.50. The maximum absolute atomic E-state index is 12.9. The van der Waals surface area contributed by atoms with E-state index >= 15 is 0 Å². The lowest BCUT2D eigenvalue weighted by atomic mass is 10.1. The molecule has 1 atom stereocenters. The number of nitrogens with zero attached hydrogens (tertiary/aromatic N) is 1. The molecule has 1 unspecified atom stereocenters. The van der Waals surface area contributed by atoms with Crippen molar-refractivity contribution in [3.8, 4) is 5.75 Å². The third-order valence-corrected chi connectivity index (χ3v) is 4.36. The van der Waals surface area contributed by atoms with Crippen molar-refractivity contribution in [2.75, 3.05) is 26.3 Å². The standard InChI is InChI=1S/C19H19ClFNO3/c1-13-2-7-18(20)17(10-13)19(23)22-8-9-24-16(11-22)12-25-15-5-3-14(21)4-6-15/h2-7,10,16H,8-9,11-12H2,1H3. The number of rotatable bonds is 4. The molecule has 4 nitrogen and oxygen atoms in total. The second kappa shape index (κ2) is 7.85. The number of aryl methyl sites for hydroxylation is 1. The second-order valence-electron chi connectivity index (χ2n) is 5.99.